The monoisotopic (exact) mass is 329 g/mol. The number of quaternary nitrogens is 1. The molecule has 0 radical (unpaired) electrons. The molecule has 0 aromatic heterocycles. The van der Waals surface area contributed by atoms with Crippen LogP contribution >= 0.6 is 0 Å². The number of benzene rings is 1. The molecule has 1 aromatic rings. The topological polar surface area (TPSA) is 4.44 Å². The van der Waals surface area contributed by atoms with E-state index in [1.807, 2.05) is 0 Å². The van der Waals surface area contributed by atoms with E-state index in [9.17, 15) is 0 Å². The van der Waals surface area contributed by atoms with Crippen LogP contribution in [-0.2, 0) is 6.42 Å². The van der Waals surface area contributed by atoms with Crippen LogP contribution in [0.4, 0.5) is 0 Å². The molecular weight excluding hydrogens is 302 g/mol. The fourth-order valence-electron chi connectivity index (χ4n) is 3.63. The van der Waals surface area contributed by atoms with Crippen LogP contribution in [0.15, 0.2) is 59.7 Å². The molecule has 2 heteroatoms. The lowest BCUT2D eigenvalue weighted by molar-refractivity contribution is -0.858. The molecule has 1 nitrogen and oxygen atoms in total. The van der Waals surface area contributed by atoms with Crippen molar-refractivity contribution in [3.8, 4) is 0 Å². The molecule has 23 heavy (non-hydrogen) atoms. The maximum absolute atomic E-state index is 2.45. The summed E-state index contributed by atoms with van der Waals surface area (Å²) in [5, 5.41) is 0. The molecule has 3 rings (SSSR count). The molecule has 1 unspecified atom stereocenters. The zero-order chi connectivity index (χ0) is 15.4. The normalized spacial score (nSPS) is 21.1. The third-order valence-electron chi connectivity index (χ3n) is 4.88. The second-order valence-electron chi connectivity index (χ2n) is 6.94. The highest BCUT2D eigenvalue weighted by molar-refractivity contribution is 5.46. The molecular formula is C21H28ClN. The second kappa shape index (κ2) is 8.52. The van der Waals surface area contributed by atoms with E-state index in [4.69, 9.17) is 0 Å². The zero-order valence-electron chi connectivity index (χ0n) is 14.3. The number of fused-ring (bicyclic) bond motifs is 1. The molecule has 0 saturated heterocycles. The first-order valence-corrected chi connectivity index (χ1v) is 8.67. The van der Waals surface area contributed by atoms with Gasteiger partial charge < -0.3 is 17.3 Å². The minimum Gasteiger partial charge on any atom is -1.00 e. The molecule has 0 amide bonds. The Bertz CT molecular complexity index is 610. The van der Waals surface area contributed by atoms with Crippen LogP contribution < -0.4 is 17.3 Å². The van der Waals surface area contributed by atoms with Crippen LogP contribution in [0.5, 0.6) is 0 Å². The molecule has 2 aliphatic rings. The lowest BCUT2D eigenvalue weighted by atomic mass is 9.82. The van der Waals surface area contributed by atoms with Crippen LogP contribution in [0.3, 0.4) is 0 Å². The summed E-state index contributed by atoms with van der Waals surface area (Å²) < 4.78 is 0. The van der Waals surface area contributed by atoms with E-state index in [1.165, 1.54) is 43.4 Å². The van der Waals surface area contributed by atoms with Gasteiger partial charge in [0.2, 0.25) is 0 Å². The van der Waals surface area contributed by atoms with E-state index in [1.54, 1.807) is 16.0 Å². The average molecular weight is 330 g/mol. The van der Waals surface area contributed by atoms with E-state index in [-0.39, 0.29) is 12.4 Å². The van der Waals surface area contributed by atoms with Crippen molar-refractivity contribution in [1.29, 1.82) is 0 Å². The fourth-order valence-corrected chi connectivity index (χ4v) is 3.63. The largest absolute Gasteiger partial charge is 1.00 e. The van der Waals surface area contributed by atoms with Crippen molar-refractivity contribution >= 4 is 0 Å². The van der Waals surface area contributed by atoms with E-state index in [0.29, 0.717) is 5.92 Å². The number of hydrogen-bond acceptors (Lipinski definition) is 0. The van der Waals surface area contributed by atoms with Crippen molar-refractivity contribution < 1.29 is 17.3 Å². The van der Waals surface area contributed by atoms with Crippen LogP contribution in [-0.4, -0.2) is 20.6 Å². The highest BCUT2D eigenvalue weighted by Gasteiger charge is 2.18. The molecule has 0 aliphatic heterocycles. The predicted octanol–water partition coefficient (Wildman–Crippen LogP) is 0.458. The van der Waals surface area contributed by atoms with Crippen LogP contribution in [0.1, 0.15) is 42.7 Å². The van der Waals surface area contributed by atoms with Gasteiger partial charge in [-0.1, -0.05) is 54.1 Å². The number of halogens is 1. The highest BCUT2D eigenvalue weighted by atomic mass is 35.5. The standard InChI is InChI=1S/C21H27N.ClH/c1-22(2)15-7-11-18-14-13-17-8-3-4-9-19(17)16-20-10-5-6-12-21(18)20;/h3,5-6,8,10,12-14,18H,4,7,9,11,15-16H2,1-2H3;1H/b14-13-;. The van der Waals surface area contributed by atoms with E-state index < -0.39 is 0 Å². The van der Waals surface area contributed by atoms with E-state index in [0.717, 1.165) is 6.42 Å². The molecule has 0 saturated carbocycles. The SMILES string of the molecule is C[NH+](C)CCCC1/C=C\C2=C(CCC=C2)Cc2ccccc21.[Cl-]. The number of hydrogen-bond donors (Lipinski definition) is 1. The first-order valence-electron chi connectivity index (χ1n) is 8.67. The molecule has 0 bridgehead atoms. The Balaban J connectivity index is 0.00000192. The maximum Gasteiger partial charge on any atom is 0.0767 e. The summed E-state index contributed by atoms with van der Waals surface area (Å²) in [5.41, 5.74) is 6.16. The van der Waals surface area contributed by atoms with Gasteiger partial charge in [0.1, 0.15) is 0 Å². The molecule has 0 heterocycles. The van der Waals surface area contributed by atoms with Gasteiger partial charge >= 0.3 is 0 Å². The summed E-state index contributed by atoms with van der Waals surface area (Å²) >= 11 is 0. The highest BCUT2D eigenvalue weighted by Crippen LogP contribution is 2.33. The second-order valence-corrected chi connectivity index (χ2v) is 6.94. The summed E-state index contributed by atoms with van der Waals surface area (Å²) in [6, 6.07) is 9.08. The lowest BCUT2D eigenvalue weighted by Crippen LogP contribution is -3.05. The molecule has 0 spiro atoms. The van der Waals surface area contributed by atoms with Crippen LogP contribution in [0, 0.1) is 0 Å². The molecule has 1 N–H and O–H groups in total. The molecule has 2 aliphatic carbocycles. The zero-order valence-corrected chi connectivity index (χ0v) is 15.1. The molecule has 0 fully saturated rings. The van der Waals surface area contributed by atoms with Gasteiger partial charge in [0.05, 0.1) is 20.6 Å². The minimum atomic E-state index is 0. The average Bonchev–Trinajstić information content (AvgIpc) is 2.50. The number of rotatable bonds is 4. The first kappa shape index (κ1) is 18.0. The van der Waals surface area contributed by atoms with Crippen molar-refractivity contribution in [2.45, 2.75) is 38.0 Å². The van der Waals surface area contributed by atoms with Gasteiger partial charge in [-0.15, -0.1) is 0 Å². The quantitative estimate of drug-likeness (QED) is 0.818. The van der Waals surface area contributed by atoms with Gasteiger partial charge in [0, 0.05) is 5.92 Å². The summed E-state index contributed by atoms with van der Waals surface area (Å²) in [4.78, 5) is 1.54. The lowest BCUT2D eigenvalue weighted by Gasteiger charge is -2.23. The number of allylic oxidation sites excluding steroid dienone is 6. The molecule has 124 valence electrons. The molecule has 1 atom stereocenters. The predicted molar refractivity (Wildman–Crippen MR) is 94.3 cm³/mol. The van der Waals surface area contributed by atoms with Gasteiger partial charge in [-0.25, -0.2) is 0 Å². The van der Waals surface area contributed by atoms with Crippen LogP contribution in [0.25, 0.3) is 0 Å². The Hall–Kier alpha value is -1.31. The number of nitrogens with one attached hydrogen (secondary N) is 1. The van der Waals surface area contributed by atoms with Crippen molar-refractivity contribution in [1.82, 2.24) is 0 Å². The first-order chi connectivity index (χ1) is 10.7. The Labute approximate surface area is 147 Å². The summed E-state index contributed by atoms with van der Waals surface area (Å²) in [5.74, 6) is 0.569. The van der Waals surface area contributed by atoms with Crippen molar-refractivity contribution in [2.75, 3.05) is 20.6 Å². The third-order valence-corrected chi connectivity index (χ3v) is 4.88. The maximum atomic E-state index is 2.45. The van der Waals surface area contributed by atoms with Gasteiger partial charge in [0.25, 0.3) is 0 Å². The van der Waals surface area contributed by atoms with E-state index >= 15 is 0 Å². The minimum absolute atomic E-state index is 0. The van der Waals surface area contributed by atoms with Crippen LogP contribution in [0.2, 0.25) is 0 Å². The van der Waals surface area contributed by atoms with Gasteiger partial charge in [-0.05, 0) is 48.8 Å². The fraction of sp³-hybridized carbons (Fsp3) is 0.429. The molecule has 1 aromatic carbocycles. The van der Waals surface area contributed by atoms with E-state index in [2.05, 4.69) is 62.7 Å². The van der Waals surface area contributed by atoms with Gasteiger partial charge in [-0.2, -0.15) is 0 Å². The van der Waals surface area contributed by atoms with Gasteiger partial charge in [-0.3, -0.25) is 0 Å². The third kappa shape index (κ3) is 4.59. The van der Waals surface area contributed by atoms with Crippen molar-refractivity contribution in [3.05, 3.63) is 70.8 Å². The Morgan fingerprint density at radius 2 is 1.96 bits per heavy atom. The summed E-state index contributed by atoms with van der Waals surface area (Å²) in [6.07, 6.45) is 15.6. The Morgan fingerprint density at radius 3 is 2.78 bits per heavy atom. The van der Waals surface area contributed by atoms with Crippen molar-refractivity contribution in [2.24, 2.45) is 0 Å². The van der Waals surface area contributed by atoms with Gasteiger partial charge in [0.15, 0.2) is 0 Å². The van der Waals surface area contributed by atoms with Crippen molar-refractivity contribution in [3.63, 3.8) is 0 Å². The summed E-state index contributed by atoms with van der Waals surface area (Å²) in [6.45, 7) is 1.25. The Morgan fingerprint density at radius 1 is 1.13 bits per heavy atom. The summed E-state index contributed by atoms with van der Waals surface area (Å²) in [7, 11) is 4.48. The Kier molecular flexibility index (Phi) is 6.68. The smallest absolute Gasteiger partial charge is 0.0767 e.